The Morgan fingerprint density at radius 2 is 1.63 bits per heavy atom. The summed E-state index contributed by atoms with van der Waals surface area (Å²) >= 11 is 0. The zero-order chi connectivity index (χ0) is 26.4. The molecule has 8 heteroatoms. The molecule has 0 fully saturated rings. The maximum atomic E-state index is 13.7. The SMILES string of the molecule is CCCCCN(C(=O)C(CO)NC(=O)OC(C)(C)C)C(C(=O)NCCCC)c1ccc(CC)cc1. The molecule has 35 heavy (non-hydrogen) atoms. The van der Waals surface area contributed by atoms with Crippen LogP contribution in [-0.4, -0.2) is 59.3 Å². The fourth-order valence-electron chi connectivity index (χ4n) is 3.63. The molecule has 0 heterocycles. The second kappa shape index (κ2) is 15.4. The topological polar surface area (TPSA) is 108 Å². The lowest BCUT2D eigenvalue weighted by Gasteiger charge is -2.34. The molecule has 1 aromatic carbocycles. The minimum Gasteiger partial charge on any atom is -0.444 e. The van der Waals surface area contributed by atoms with Crippen LogP contribution in [-0.2, 0) is 20.7 Å². The van der Waals surface area contributed by atoms with Crippen LogP contribution in [0.3, 0.4) is 0 Å². The number of nitrogens with zero attached hydrogens (tertiary/aromatic N) is 1. The van der Waals surface area contributed by atoms with Crippen LogP contribution >= 0.6 is 0 Å². The van der Waals surface area contributed by atoms with E-state index in [0.29, 0.717) is 25.1 Å². The molecule has 8 nitrogen and oxygen atoms in total. The van der Waals surface area contributed by atoms with Crippen molar-refractivity contribution in [3.63, 3.8) is 0 Å². The van der Waals surface area contributed by atoms with Crippen molar-refractivity contribution in [1.82, 2.24) is 15.5 Å². The zero-order valence-electron chi connectivity index (χ0n) is 22.4. The van der Waals surface area contributed by atoms with E-state index >= 15 is 0 Å². The van der Waals surface area contributed by atoms with Crippen LogP contribution < -0.4 is 10.6 Å². The van der Waals surface area contributed by atoms with Gasteiger partial charge in [-0.1, -0.05) is 64.3 Å². The molecule has 2 atom stereocenters. The first-order valence-corrected chi connectivity index (χ1v) is 12.8. The number of hydrogen-bond donors (Lipinski definition) is 3. The Morgan fingerprint density at radius 1 is 1.00 bits per heavy atom. The Bertz CT molecular complexity index is 789. The number of aliphatic hydroxyl groups excluding tert-OH is 1. The summed E-state index contributed by atoms with van der Waals surface area (Å²) in [4.78, 5) is 40.9. The van der Waals surface area contributed by atoms with Crippen LogP contribution in [0.25, 0.3) is 0 Å². The largest absolute Gasteiger partial charge is 0.444 e. The van der Waals surface area contributed by atoms with Gasteiger partial charge in [-0.2, -0.15) is 0 Å². The van der Waals surface area contributed by atoms with Gasteiger partial charge in [0, 0.05) is 13.1 Å². The molecule has 1 rings (SSSR count). The zero-order valence-corrected chi connectivity index (χ0v) is 22.4. The number of unbranched alkanes of at least 4 members (excludes halogenated alkanes) is 3. The van der Waals surface area contributed by atoms with E-state index < -0.39 is 36.3 Å². The van der Waals surface area contributed by atoms with E-state index in [1.165, 1.54) is 4.90 Å². The van der Waals surface area contributed by atoms with E-state index in [9.17, 15) is 19.5 Å². The highest BCUT2D eigenvalue weighted by atomic mass is 16.6. The summed E-state index contributed by atoms with van der Waals surface area (Å²) in [7, 11) is 0. The van der Waals surface area contributed by atoms with Crippen LogP contribution in [0, 0.1) is 0 Å². The third-order valence-electron chi connectivity index (χ3n) is 5.55. The average molecular weight is 492 g/mol. The molecular formula is C27H45N3O5. The van der Waals surface area contributed by atoms with Crippen LogP contribution in [0.1, 0.15) is 90.8 Å². The van der Waals surface area contributed by atoms with Crippen LogP contribution in [0.2, 0.25) is 0 Å². The van der Waals surface area contributed by atoms with Crippen LogP contribution in [0.5, 0.6) is 0 Å². The van der Waals surface area contributed by atoms with E-state index in [1.807, 2.05) is 31.2 Å². The highest BCUT2D eigenvalue weighted by Crippen LogP contribution is 2.24. The number of rotatable bonds is 14. The smallest absolute Gasteiger partial charge is 0.408 e. The van der Waals surface area contributed by atoms with Gasteiger partial charge in [0.05, 0.1) is 6.61 Å². The van der Waals surface area contributed by atoms with Gasteiger partial charge >= 0.3 is 6.09 Å². The van der Waals surface area contributed by atoms with Gasteiger partial charge in [-0.05, 0) is 51.2 Å². The number of aryl methyl sites for hydroxylation is 1. The number of alkyl carbamates (subject to hydrolysis) is 1. The monoisotopic (exact) mass is 491 g/mol. The molecule has 2 unspecified atom stereocenters. The molecule has 0 aliphatic rings. The fourth-order valence-corrected chi connectivity index (χ4v) is 3.63. The molecule has 0 saturated heterocycles. The molecule has 0 aromatic heterocycles. The molecule has 0 saturated carbocycles. The highest BCUT2D eigenvalue weighted by molar-refractivity contribution is 5.92. The summed E-state index contributed by atoms with van der Waals surface area (Å²) in [6.07, 6.45) is 4.34. The summed E-state index contributed by atoms with van der Waals surface area (Å²) in [5, 5.41) is 15.4. The Morgan fingerprint density at radius 3 is 2.14 bits per heavy atom. The van der Waals surface area contributed by atoms with Crippen molar-refractivity contribution in [2.75, 3.05) is 19.7 Å². The molecular weight excluding hydrogens is 446 g/mol. The number of aliphatic hydroxyl groups is 1. The maximum absolute atomic E-state index is 13.7. The molecule has 0 aliphatic heterocycles. The molecule has 3 amide bonds. The van der Waals surface area contributed by atoms with Crippen molar-refractivity contribution in [2.24, 2.45) is 0 Å². The van der Waals surface area contributed by atoms with Crippen molar-refractivity contribution in [3.05, 3.63) is 35.4 Å². The third-order valence-corrected chi connectivity index (χ3v) is 5.55. The molecule has 1 aromatic rings. The first-order valence-electron chi connectivity index (χ1n) is 12.8. The first-order chi connectivity index (χ1) is 16.6. The quantitative estimate of drug-likeness (QED) is 0.340. The Kier molecular flexibility index (Phi) is 13.4. The molecule has 0 bridgehead atoms. The fraction of sp³-hybridized carbons (Fsp3) is 0.667. The van der Waals surface area contributed by atoms with Crippen LogP contribution in [0.4, 0.5) is 4.79 Å². The highest BCUT2D eigenvalue weighted by Gasteiger charge is 2.35. The minimum atomic E-state index is -1.23. The number of carbonyl (C=O) groups excluding carboxylic acids is 3. The second-order valence-corrected chi connectivity index (χ2v) is 9.76. The molecule has 3 N–H and O–H groups in total. The first kappa shape index (κ1) is 30.4. The van der Waals surface area contributed by atoms with Crippen molar-refractivity contribution in [3.8, 4) is 0 Å². The van der Waals surface area contributed by atoms with Gasteiger partial charge in [0.25, 0.3) is 0 Å². The average Bonchev–Trinajstić information content (AvgIpc) is 2.81. The Hall–Kier alpha value is -2.61. The normalized spacial score (nSPS) is 13.0. The van der Waals surface area contributed by atoms with Gasteiger partial charge in [-0.3, -0.25) is 9.59 Å². The Balaban J connectivity index is 3.33. The van der Waals surface area contributed by atoms with Gasteiger partial charge in [0.1, 0.15) is 17.7 Å². The number of carbonyl (C=O) groups is 3. The van der Waals surface area contributed by atoms with E-state index in [4.69, 9.17) is 4.74 Å². The van der Waals surface area contributed by atoms with Crippen molar-refractivity contribution < 1.29 is 24.2 Å². The van der Waals surface area contributed by atoms with E-state index in [-0.39, 0.29) is 5.91 Å². The Labute approximate surface area is 210 Å². The second-order valence-electron chi connectivity index (χ2n) is 9.76. The number of hydrogen-bond acceptors (Lipinski definition) is 5. The van der Waals surface area contributed by atoms with E-state index in [1.54, 1.807) is 20.8 Å². The standard InChI is InChI=1S/C27H45N3O5/c1-7-10-12-18-30(25(33)22(19-31)29-26(34)35-27(4,5)6)23(24(32)28-17-11-8-2)21-15-13-20(9-3)14-16-21/h13-16,22-23,31H,7-12,17-19H2,1-6H3,(H,28,32)(H,29,34). The summed E-state index contributed by atoms with van der Waals surface area (Å²) < 4.78 is 5.27. The lowest BCUT2D eigenvalue weighted by molar-refractivity contribution is -0.143. The molecule has 0 spiro atoms. The molecule has 0 radical (unpaired) electrons. The van der Waals surface area contributed by atoms with E-state index in [0.717, 1.165) is 37.7 Å². The summed E-state index contributed by atoms with van der Waals surface area (Å²) in [6, 6.07) is 5.55. The van der Waals surface area contributed by atoms with Crippen molar-refractivity contribution in [1.29, 1.82) is 0 Å². The van der Waals surface area contributed by atoms with Crippen LogP contribution in [0.15, 0.2) is 24.3 Å². The van der Waals surface area contributed by atoms with E-state index in [2.05, 4.69) is 24.5 Å². The van der Waals surface area contributed by atoms with Crippen molar-refractivity contribution in [2.45, 2.75) is 97.8 Å². The van der Waals surface area contributed by atoms with Gasteiger partial charge in [0.2, 0.25) is 11.8 Å². The number of amides is 3. The minimum absolute atomic E-state index is 0.276. The predicted molar refractivity (Wildman–Crippen MR) is 138 cm³/mol. The molecule has 198 valence electrons. The third kappa shape index (κ3) is 10.7. The lowest BCUT2D eigenvalue weighted by Crippen LogP contribution is -2.54. The number of benzene rings is 1. The van der Waals surface area contributed by atoms with Gasteiger partial charge in [0.15, 0.2) is 0 Å². The summed E-state index contributed by atoms with van der Waals surface area (Å²) in [5.74, 6) is -0.800. The van der Waals surface area contributed by atoms with Gasteiger partial charge in [-0.25, -0.2) is 4.79 Å². The number of ether oxygens (including phenoxy) is 1. The predicted octanol–water partition coefficient (Wildman–Crippen LogP) is 4.11. The number of nitrogens with one attached hydrogen (secondary N) is 2. The summed E-state index contributed by atoms with van der Waals surface area (Å²) in [5.41, 5.74) is 1.06. The summed E-state index contributed by atoms with van der Waals surface area (Å²) in [6.45, 7) is 11.5. The van der Waals surface area contributed by atoms with Gasteiger partial charge < -0.3 is 25.4 Å². The van der Waals surface area contributed by atoms with Crippen molar-refractivity contribution >= 4 is 17.9 Å². The maximum Gasteiger partial charge on any atom is 0.408 e. The molecule has 0 aliphatic carbocycles. The van der Waals surface area contributed by atoms with Gasteiger partial charge in [-0.15, -0.1) is 0 Å². The lowest BCUT2D eigenvalue weighted by atomic mass is 10.00.